The highest BCUT2D eigenvalue weighted by Crippen LogP contribution is 2.39. The Labute approximate surface area is 147 Å². The molecule has 9 heteroatoms. The Bertz CT molecular complexity index is 969. The number of rotatable bonds is 6. The van der Waals surface area contributed by atoms with Crippen molar-refractivity contribution in [2.45, 2.75) is 18.8 Å². The number of nitrogens with one attached hydrogen (secondary N) is 3. The Morgan fingerprint density at radius 2 is 2.12 bits per heavy atom. The van der Waals surface area contributed by atoms with Gasteiger partial charge in [0.05, 0.1) is 11.8 Å². The van der Waals surface area contributed by atoms with E-state index in [1.165, 1.54) is 12.1 Å². The van der Waals surface area contributed by atoms with E-state index in [1.54, 1.807) is 12.1 Å². The first-order chi connectivity index (χ1) is 12.6. The van der Waals surface area contributed by atoms with Gasteiger partial charge in [0, 0.05) is 23.4 Å². The molecule has 0 radical (unpaired) electrons. The maximum atomic E-state index is 14.0. The molecule has 2 heterocycles. The lowest BCUT2D eigenvalue weighted by Crippen LogP contribution is -2.04. The first-order valence-corrected chi connectivity index (χ1v) is 8.04. The molecule has 0 amide bonds. The van der Waals surface area contributed by atoms with Crippen LogP contribution in [-0.2, 0) is 0 Å². The van der Waals surface area contributed by atoms with Crippen LogP contribution in [0.1, 0.15) is 34.8 Å². The smallest absolute Gasteiger partial charge is 0.335 e. The zero-order valence-corrected chi connectivity index (χ0v) is 13.5. The molecule has 1 fully saturated rings. The molecule has 1 aliphatic rings. The summed E-state index contributed by atoms with van der Waals surface area (Å²) in [5.74, 6) is -0.567. The molecule has 0 unspecified atom stereocenters. The molecule has 1 aliphatic carbocycles. The maximum absolute atomic E-state index is 14.0. The van der Waals surface area contributed by atoms with Crippen LogP contribution >= 0.6 is 0 Å². The molecule has 0 saturated heterocycles. The van der Waals surface area contributed by atoms with Gasteiger partial charge in [0.1, 0.15) is 0 Å². The quantitative estimate of drug-likeness (QED) is 0.536. The SMILES string of the molecule is O=C(O)c1cccc(Nc2ncc(F)c(Nc3cc(C4CC4)[nH]n3)n2)c1. The maximum Gasteiger partial charge on any atom is 0.335 e. The highest BCUT2D eigenvalue weighted by Gasteiger charge is 2.25. The average Bonchev–Trinajstić information content (AvgIpc) is 3.38. The van der Waals surface area contributed by atoms with Crippen LogP contribution in [0.5, 0.6) is 0 Å². The molecule has 0 bridgehead atoms. The van der Waals surface area contributed by atoms with E-state index >= 15 is 0 Å². The van der Waals surface area contributed by atoms with Gasteiger partial charge in [-0.2, -0.15) is 10.1 Å². The van der Waals surface area contributed by atoms with Crippen LogP contribution in [0.2, 0.25) is 0 Å². The molecule has 4 N–H and O–H groups in total. The lowest BCUT2D eigenvalue weighted by molar-refractivity contribution is 0.0697. The predicted molar refractivity (Wildman–Crippen MR) is 92.5 cm³/mol. The number of anilines is 4. The summed E-state index contributed by atoms with van der Waals surface area (Å²) in [5.41, 5.74) is 1.63. The van der Waals surface area contributed by atoms with E-state index in [1.807, 2.05) is 6.07 Å². The second kappa shape index (κ2) is 6.43. The van der Waals surface area contributed by atoms with Crippen molar-refractivity contribution in [2.75, 3.05) is 10.6 Å². The summed E-state index contributed by atoms with van der Waals surface area (Å²) >= 11 is 0. The van der Waals surface area contributed by atoms with Crippen molar-refractivity contribution in [3.05, 3.63) is 53.6 Å². The molecule has 26 heavy (non-hydrogen) atoms. The third-order valence-electron chi connectivity index (χ3n) is 3.97. The van der Waals surface area contributed by atoms with Gasteiger partial charge in [0.2, 0.25) is 5.95 Å². The van der Waals surface area contributed by atoms with Crippen LogP contribution in [0.4, 0.5) is 27.7 Å². The van der Waals surface area contributed by atoms with Crippen LogP contribution < -0.4 is 10.6 Å². The highest BCUT2D eigenvalue weighted by molar-refractivity contribution is 5.89. The molecule has 2 aromatic heterocycles. The summed E-state index contributed by atoms with van der Waals surface area (Å²) in [5, 5.41) is 21.8. The number of H-pyrrole nitrogens is 1. The van der Waals surface area contributed by atoms with Crippen LogP contribution in [0.15, 0.2) is 36.5 Å². The van der Waals surface area contributed by atoms with Gasteiger partial charge in [-0.3, -0.25) is 5.10 Å². The number of hydrogen-bond acceptors (Lipinski definition) is 6. The molecule has 3 aromatic rings. The zero-order valence-electron chi connectivity index (χ0n) is 13.5. The third kappa shape index (κ3) is 3.46. The van der Waals surface area contributed by atoms with E-state index in [4.69, 9.17) is 5.11 Å². The number of hydrogen-bond donors (Lipinski definition) is 4. The lowest BCUT2D eigenvalue weighted by atomic mass is 10.2. The third-order valence-corrected chi connectivity index (χ3v) is 3.97. The first-order valence-electron chi connectivity index (χ1n) is 8.04. The van der Waals surface area contributed by atoms with Crippen molar-refractivity contribution in [3.63, 3.8) is 0 Å². The number of aromatic nitrogens is 4. The number of nitrogens with zero attached hydrogens (tertiary/aromatic N) is 3. The van der Waals surface area contributed by atoms with Gasteiger partial charge >= 0.3 is 5.97 Å². The summed E-state index contributed by atoms with van der Waals surface area (Å²) in [6.07, 6.45) is 3.30. The molecule has 1 aromatic carbocycles. The van der Waals surface area contributed by atoms with E-state index in [2.05, 4.69) is 30.8 Å². The molecule has 4 rings (SSSR count). The zero-order chi connectivity index (χ0) is 18.1. The van der Waals surface area contributed by atoms with Crippen LogP contribution in [0.25, 0.3) is 0 Å². The number of aromatic carboxylic acids is 1. The Balaban J connectivity index is 1.53. The fraction of sp³-hybridized carbons (Fsp3) is 0.176. The molecule has 1 saturated carbocycles. The van der Waals surface area contributed by atoms with E-state index in [0.29, 0.717) is 17.4 Å². The van der Waals surface area contributed by atoms with Crippen LogP contribution in [0.3, 0.4) is 0 Å². The number of aromatic amines is 1. The minimum Gasteiger partial charge on any atom is -0.478 e. The molecule has 8 nitrogen and oxygen atoms in total. The number of carboxylic acids is 1. The van der Waals surface area contributed by atoms with Gasteiger partial charge in [0.25, 0.3) is 0 Å². The summed E-state index contributed by atoms with van der Waals surface area (Å²) in [6, 6.07) is 8.01. The number of carbonyl (C=O) groups is 1. The molecular weight excluding hydrogens is 339 g/mol. The van der Waals surface area contributed by atoms with Crippen molar-refractivity contribution in [1.82, 2.24) is 20.2 Å². The average molecular weight is 354 g/mol. The fourth-order valence-corrected chi connectivity index (χ4v) is 2.50. The largest absolute Gasteiger partial charge is 0.478 e. The number of benzene rings is 1. The second-order valence-corrected chi connectivity index (χ2v) is 6.01. The molecule has 0 atom stereocenters. The minimum atomic E-state index is -1.04. The van der Waals surface area contributed by atoms with Gasteiger partial charge in [-0.05, 0) is 31.0 Å². The standard InChI is InChI=1S/C17H15FN6O2/c18-12-8-19-17(20-11-3-1-2-10(6-11)16(25)26)22-15(12)21-14-7-13(23-24-14)9-4-5-9/h1-3,6-9H,4-5H2,(H,25,26)(H3,19,20,21,22,23,24). The monoisotopic (exact) mass is 354 g/mol. The number of carboxylic acid groups (broad SMARTS) is 1. The van der Waals surface area contributed by atoms with Crippen molar-refractivity contribution in [3.8, 4) is 0 Å². The molecular formula is C17H15FN6O2. The van der Waals surface area contributed by atoms with Gasteiger partial charge in [-0.25, -0.2) is 14.2 Å². The van der Waals surface area contributed by atoms with Gasteiger partial charge in [-0.1, -0.05) is 6.07 Å². The predicted octanol–water partition coefficient (Wildman–Crippen LogP) is 3.40. The van der Waals surface area contributed by atoms with Crippen molar-refractivity contribution < 1.29 is 14.3 Å². The molecule has 0 spiro atoms. The molecule has 132 valence electrons. The van der Waals surface area contributed by atoms with Gasteiger partial charge in [-0.15, -0.1) is 0 Å². The summed E-state index contributed by atoms with van der Waals surface area (Å²) < 4.78 is 14.0. The lowest BCUT2D eigenvalue weighted by Gasteiger charge is -2.08. The van der Waals surface area contributed by atoms with E-state index in [0.717, 1.165) is 24.7 Å². The Morgan fingerprint density at radius 1 is 1.27 bits per heavy atom. The Kier molecular flexibility index (Phi) is 3.96. The second-order valence-electron chi connectivity index (χ2n) is 6.01. The van der Waals surface area contributed by atoms with E-state index in [9.17, 15) is 9.18 Å². The summed E-state index contributed by atoms with van der Waals surface area (Å²) in [4.78, 5) is 19.0. The molecule has 0 aliphatic heterocycles. The van der Waals surface area contributed by atoms with Gasteiger partial charge in [0.15, 0.2) is 17.5 Å². The van der Waals surface area contributed by atoms with Crippen LogP contribution in [-0.4, -0.2) is 31.2 Å². The number of halogens is 1. The van der Waals surface area contributed by atoms with Crippen molar-refractivity contribution >= 4 is 29.2 Å². The summed E-state index contributed by atoms with van der Waals surface area (Å²) in [7, 11) is 0. The summed E-state index contributed by atoms with van der Waals surface area (Å²) in [6.45, 7) is 0. The van der Waals surface area contributed by atoms with E-state index in [-0.39, 0.29) is 17.3 Å². The van der Waals surface area contributed by atoms with E-state index < -0.39 is 11.8 Å². The first kappa shape index (κ1) is 16.0. The normalized spacial score (nSPS) is 13.4. The van der Waals surface area contributed by atoms with Crippen molar-refractivity contribution in [1.29, 1.82) is 0 Å². The Morgan fingerprint density at radius 3 is 2.88 bits per heavy atom. The minimum absolute atomic E-state index is 0.0225. The fourth-order valence-electron chi connectivity index (χ4n) is 2.50. The van der Waals surface area contributed by atoms with Crippen molar-refractivity contribution in [2.24, 2.45) is 0 Å². The topological polar surface area (TPSA) is 116 Å². The van der Waals surface area contributed by atoms with Gasteiger partial charge < -0.3 is 15.7 Å². The van der Waals surface area contributed by atoms with Crippen LogP contribution in [0, 0.1) is 5.82 Å². The Hall–Kier alpha value is -3.49. The highest BCUT2D eigenvalue weighted by atomic mass is 19.1.